The Labute approximate surface area is 84.0 Å². The fourth-order valence-electron chi connectivity index (χ4n) is 1.29. The van der Waals surface area contributed by atoms with Gasteiger partial charge in [0.25, 0.3) is 5.56 Å². The van der Waals surface area contributed by atoms with Crippen LogP contribution in [0.2, 0.25) is 0 Å². The molecule has 0 aliphatic heterocycles. The lowest BCUT2D eigenvalue weighted by Gasteiger charge is -2.02. The number of halogens is 1. The molecule has 2 rings (SSSR count). The zero-order chi connectivity index (χ0) is 9.42. The highest BCUT2D eigenvalue weighted by Crippen LogP contribution is 2.16. The smallest absolute Gasteiger partial charge is 0.255 e. The van der Waals surface area contributed by atoms with Gasteiger partial charge in [0.15, 0.2) is 0 Å². The molecule has 0 atom stereocenters. The molecule has 0 saturated carbocycles. The van der Waals surface area contributed by atoms with E-state index in [1.807, 2.05) is 19.1 Å². The molecule has 0 unspecified atom stereocenters. The van der Waals surface area contributed by atoms with Gasteiger partial charge in [-0.2, -0.15) is 0 Å². The number of fused-ring (bicyclic) bond motifs is 1. The third-order valence-electron chi connectivity index (χ3n) is 1.96. The molecule has 0 aliphatic carbocycles. The van der Waals surface area contributed by atoms with Crippen molar-refractivity contribution in [3.05, 3.63) is 50.9 Å². The molecule has 3 heteroatoms. The maximum absolute atomic E-state index is 11.4. The molecule has 0 N–H and O–H groups in total. The molecule has 0 radical (unpaired) electrons. The summed E-state index contributed by atoms with van der Waals surface area (Å²) in [5, 5.41) is 0. The SMILES string of the molecule is Cc1ccn2c(=O)ccc(Br)c2c1. The average molecular weight is 238 g/mol. The van der Waals surface area contributed by atoms with Gasteiger partial charge in [0, 0.05) is 16.7 Å². The number of nitrogens with zero attached hydrogens (tertiary/aromatic N) is 1. The van der Waals surface area contributed by atoms with Crippen LogP contribution in [0.5, 0.6) is 0 Å². The number of hydrogen-bond donors (Lipinski definition) is 0. The normalized spacial score (nSPS) is 10.6. The zero-order valence-electron chi connectivity index (χ0n) is 7.12. The van der Waals surface area contributed by atoms with Crippen LogP contribution < -0.4 is 5.56 Å². The fourth-order valence-corrected chi connectivity index (χ4v) is 1.73. The van der Waals surface area contributed by atoms with Crippen molar-refractivity contribution >= 4 is 21.4 Å². The van der Waals surface area contributed by atoms with Crippen LogP contribution in [0.25, 0.3) is 5.52 Å². The molecule has 0 fully saturated rings. The Hall–Kier alpha value is -1.09. The highest BCUT2D eigenvalue weighted by atomic mass is 79.9. The maximum Gasteiger partial charge on any atom is 0.255 e. The molecule has 0 saturated heterocycles. The second-order valence-electron chi connectivity index (χ2n) is 2.98. The quantitative estimate of drug-likeness (QED) is 0.690. The molecular formula is C10H8BrNO. The van der Waals surface area contributed by atoms with Crippen LogP contribution in [-0.4, -0.2) is 4.40 Å². The van der Waals surface area contributed by atoms with E-state index in [1.54, 1.807) is 22.7 Å². The maximum atomic E-state index is 11.4. The molecule has 0 spiro atoms. The summed E-state index contributed by atoms with van der Waals surface area (Å²) in [5.41, 5.74) is 2.05. The zero-order valence-corrected chi connectivity index (χ0v) is 8.71. The van der Waals surface area contributed by atoms with E-state index in [9.17, 15) is 4.79 Å². The summed E-state index contributed by atoms with van der Waals surface area (Å²) in [4.78, 5) is 11.4. The van der Waals surface area contributed by atoms with E-state index in [1.165, 1.54) is 0 Å². The van der Waals surface area contributed by atoms with Gasteiger partial charge in [-0.25, -0.2) is 0 Å². The van der Waals surface area contributed by atoms with Gasteiger partial charge in [0.1, 0.15) is 0 Å². The second-order valence-corrected chi connectivity index (χ2v) is 3.83. The molecule has 2 aromatic rings. The minimum absolute atomic E-state index is 0.00167. The van der Waals surface area contributed by atoms with Crippen LogP contribution in [0.4, 0.5) is 0 Å². The molecule has 0 amide bonds. The first-order valence-corrected chi connectivity index (χ1v) is 4.75. The topological polar surface area (TPSA) is 21.5 Å². The largest absolute Gasteiger partial charge is 0.283 e. The van der Waals surface area contributed by atoms with Gasteiger partial charge in [-0.3, -0.25) is 9.20 Å². The van der Waals surface area contributed by atoms with E-state index in [4.69, 9.17) is 0 Å². The third-order valence-corrected chi connectivity index (χ3v) is 2.64. The molecule has 2 nitrogen and oxygen atoms in total. The third kappa shape index (κ3) is 1.40. The predicted molar refractivity (Wildman–Crippen MR) is 56.1 cm³/mol. The summed E-state index contributed by atoms with van der Waals surface area (Å²) in [6.07, 6.45) is 1.79. The van der Waals surface area contributed by atoms with Gasteiger partial charge in [-0.15, -0.1) is 0 Å². The first kappa shape index (κ1) is 8.51. The number of aryl methyl sites for hydroxylation is 1. The van der Waals surface area contributed by atoms with Crippen molar-refractivity contribution in [2.75, 3.05) is 0 Å². The Morgan fingerprint density at radius 1 is 1.31 bits per heavy atom. The van der Waals surface area contributed by atoms with Crippen LogP contribution in [0, 0.1) is 6.92 Å². The summed E-state index contributed by atoms with van der Waals surface area (Å²) in [5.74, 6) is 0. The van der Waals surface area contributed by atoms with Crippen LogP contribution in [0.3, 0.4) is 0 Å². The minimum atomic E-state index is -0.00167. The van der Waals surface area contributed by atoms with Crippen LogP contribution in [0.15, 0.2) is 39.7 Å². The highest BCUT2D eigenvalue weighted by Gasteiger charge is 1.99. The molecule has 0 bridgehead atoms. The van der Waals surface area contributed by atoms with Gasteiger partial charge >= 0.3 is 0 Å². The summed E-state index contributed by atoms with van der Waals surface area (Å²) in [7, 11) is 0. The Bertz CT molecular complexity index is 516. The molecule has 66 valence electrons. The lowest BCUT2D eigenvalue weighted by Crippen LogP contribution is -2.11. The number of pyridine rings is 2. The second kappa shape index (κ2) is 3.00. The Balaban J connectivity index is 3.01. The summed E-state index contributed by atoms with van der Waals surface area (Å²) >= 11 is 3.41. The van der Waals surface area contributed by atoms with Crippen molar-refractivity contribution in [3.8, 4) is 0 Å². The van der Waals surface area contributed by atoms with Crippen LogP contribution >= 0.6 is 15.9 Å². The van der Waals surface area contributed by atoms with E-state index in [2.05, 4.69) is 15.9 Å². The van der Waals surface area contributed by atoms with Crippen molar-refractivity contribution in [1.82, 2.24) is 4.40 Å². The van der Waals surface area contributed by atoms with E-state index >= 15 is 0 Å². The van der Waals surface area contributed by atoms with Crippen molar-refractivity contribution in [3.63, 3.8) is 0 Å². The summed E-state index contributed by atoms with van der Waals surface area (Å²) in [6.45, 7) is 2.00. The molecule has 13 heavy (non-hydrogen) atoms. The van der Waals surface area contributed by atoms with E-state index in [-0.39, 0.29) is 5.56 Å². The van der Waals surface area contributed by atoms with Gasteiger partial charge in [0.2, 0.25) is 0 Å². The molecular weight excluding hydrogens is 230 g/mol. The van der Waals surface area contributed by atoms with E-state index < -0.39 is 0 Å². The first-order valence-electron chi connectivity index (χ1n) is 3.96. The first-order chi connectivity index (χ1) is 6.18. The Kier molecular flexibility index (Phi) is 1.96. The van der Waals surface area contributed by atoms with Crippen molar-refractivity contribution in [1.29, 1.82) is 0 Å². The lowest BCUT2D eigenvalue weighted by atomic mass is 10.2. The van der Waals surface area contributed by atoms with Crippen LogP contribution in [-0.2, 0) is 0 Å². The number of aromatic nitrogens is 1. The van der Waals surface area contributed by atoms with Gasteiger partial charge in [-0.1, -0.05) is 0 Å². The van der Waals surface area contributed by atoms with Gasteiger partial charge in [-0.05, 0) is 46.6 Å². The Morgan fingerprint density at radius 3 is 2.85 bits per heavy atom. The van der Waals surface area contributed by atoms with Gasteiger partial charge < -0.3 is 0 Å². The average Bonchev–Trinajstić information content (AvgIpc) is 2.12. The fraction of sp³-hybridized carbons (Fsp3) is 0.100. The lowest BCUT2D eigenvalue weighted by molar-refractivity contribution is 1.08. The van der Waals surface area contributed by atoms with Crippen molar-refractivity contribution in [2.45, 2.75) is 6.92 Å². The van der Waals surface area contributed by atoms with Crippen molar-refractivity contribution < 1.29 is 0 Å². The Morgan fingerprint density at radius 2 is 2.08 bits per heavy atom. The minimum Gasteiger partial charge on any atom is -0.283 e. The molecule has 0 aromatic carbocycles. The number of hydrogen-bond acceptors (Lipinski definition) is 1. The van der Waals surface area contributed by atoms with Gasteiger partial charge in [0.05, 0.1) is 5.52 Å². The molecule has 0 aliphatic rings. The molecule has 2 aromatic heterocycles. The van der Waals surface area contributed by atoms with Crippen LogP contribution in [0.1, 0.15) is 5.56 Å². The predicted octanol–water partition coefficient (Wildman–Crippen LogP) is 2.37. The molecule has 2 heterocycles. The standard InChI is InChI=1S/C10H8BrNO/c1-7-4-5-12-9(6-7)8(11)2-3-10(12)13/h2-6H,1H3. The van der Waals surface area contributed by atoms with Crippen molar-refractivity contribution in [2.24, 2.45) is 0 Å². The van der Waals surface area contributed by atoms with E-state index in [0.717, 1.165) is 15.6 Å². The summed E-state index contributed by atoms with van der Waals surface area (Å²) < 4.78 is 2.56. The number of rotatable bonds is 0. The summed E-state index contributed by atoms with van der Waals surface area (Å²) in [6, 6.07) is 7.22. The highest BCUT2D eigenvalue weighted by molar-refractivity contribution is 9.10. The monoisotopic (exact) mass is 237 g/mol. The van der Waals surface area contributed by atoms with E-state index in [0.29, 0.717) is 0 Å².